The van der Waals surface area contributed by atoms with Crippen LogP contribution in [-0.4, -0.2) is 36.4 Å². The summed E-state index contributed by atoms with van der Waals surface area (Å²) in [5.41, 5.74) is -0.552. The van der Waals surface area contributed by atoms with E-state index in [1.165, 1.54) is 0 Å². The van der Waals surface area contributed by atoms with Crippen molar-refractivity contribution in [3.8, 4) is 0 Å². The van der Waals surface area contributed by atoms with Gasteiger partial charge in [0, 0.05) is 25.7 Å². The summed E-state index contributed by atoms with van der Waals surface area (Å²) in [5.74, 6) is 0.552. The fourth-order valence-electron chi connectivity index (χ4n) is 1.75. The summed E-state index contributed by atoms with van der Waals surface area (Å²) >= 11 is 0. The molecule has 1 unspecified atom stereocenters. The quantitative estimate of drug-likeness (QED) is 0.580. The number of nitrogens with one attached hydrogen (secondary N) is 2. The lowest BCUT2D eigenvalue weighted by atomic mass is 9.94. The van der Waals surface area contributed by atoms with Crippen molar-refractivity contribution in [1.29, 1.82) is 0 Å². The fourth-order valence-corrected chi connectivity index (χ4v) is 1.75. The first-order valence-electron chi connectivity index (χ1n) is 5.16. The third-order valence-corrected chi connectivity index (χ3v) is 2.40. The van der Waals surface area contributed by atoms with E-state index in [0.29, 0.717) is 18.5 Å². The van der Waals surface area contributed by atoms with Crippen LogP contribution in [0.15, 0.2) is 0 Å². The third-order valence-electron chi connectivity index (χ3n) is 2.40. The van der Waals surface area contributed by atoms with Gasteiger partial charge in [-0.1, -0.05) is 13.8 Å². The molecule has 0 aromatic rings. The molecule has 0 radical (unpaired) electrons. The molecule has 1 aliphatic heterocycles. The zero-order valence-corrected chi connectivity index (χ0v) is 8.93. The van der Waals surface area contributed by atoms with Crippen LogP contribution in [0.3, 0.4) is 0 Å². The highest BCUT2D eigenvalue weighted by Gasteiger charge is 2.24. The minimum Gasteiger partial charge on any atom is -0.389 e. The average Bonchev–Trinajstić information content (AvgIpc) is 1.79. The Kier molecular flexibility index (Phi) is 3.71. The Morgan fingerprint density at radius 2 is 2.15 bits per heavy atom. The van der Waals surface area contributed by atoms with Crippen molar-refractivity contribution >= 4 is 0 Å². The van der Waals surface area contributed by atoms with E-state index in [-0.39, 0.29) is 0 Å². The molecule has 0 amide bonds. The van der Waals surface area contributed by atoms with Gasteiger partial charge in [0.15, 0.2) is 0 Å². The van der Waals surface area contributed by atoms with E-state index in [1.54, 1.807) is 0 Å². The largest absolute Gasteiger partial charge is 0.389 e. The van der Waals surface area contributed by atoms with Crippen molar-refractivity contribution in [1.82, 2.24) is 10.6 Å². The van der Waals surface area contributed by atoms with Crippen LogP contribution in [0.1, 0.15) is 27.2 Å². The molecule has 1 saturated heterocycles. The van der Waals surface area contributed by atoms with Crippen molar-refractivity contribution in [2.24, 2.45) is 5.92 Å². The van der Waals surface area contributed by atoms with Crippen LogP contribution in [0.2, 0.25) is 0 Å². The molecule has 1 aliphatic rings. The molecule has 1 heterocycles. The Bertz CT molecular complexity index is 153. The molecule has 3 N–H and O–H groups in total. The highest BCUT2D eigenvalue weighted by Crippen LogP contribution is 2.15. The summed E-state index contributed by atoms with van der Waals surface area (Å²) in [4.78, 5) is 0. The van der Waals surface area contributed by atoms with E-state index in [4.69, 9.17) is 0 Å². The Morgan fingerprint density at radius 1 is 1.54 bits per heavy atom. The summed E-state index contributed by atoms with van der Waals surface area (Å²) in [6.07, 6.45) is 0.861. The molecule has 3 heteroatoms. The van der Waals surface area contributed by atoms with Gasteiger partial charge in [0.25, 0.3) is 0 Å². The van der Waals surface area contributed by atoms with Crippen LogP contribution >= 0.6 is 0 Å². The molecule has 13 heavy (non-hydrogen) atoms. The number of hydrogen-bond donors (Lipinski definition) is 3. The highest BCUT2D eigenvalue weighted by atomic mass is 16.3. The van der Waals surface area contributed by atoms with Crippen LogP contribution in [0.25, 0.3) is 0 Å². The Balaban J connectivity index is 2.16. The van der Waals surface area contributed by atoms with Gasteiger partial charge < -0.3 is 15.7 Å². The maximum absolute atomic E-state index is 9.97. The summed E-state index contributed by atoms with van der Waals surface area (Å²) in [6.45, 7) is 8.97. The van der Waals surface area contributed by atoms with Gasteiger partial charge >= 0.3 is 0 Å². The van der Waals surface area contributed by atoms with Crippen molar-refractivity contribution < 1.29 is 5.11 Å². The van der Waals surface area contributed by atoms with Crippen LogP contribution in [0.4, 0.5) is 0 Å². The minimum absolute atomic E-state index is 0.552. The first-order chi connectivity index (χ1) is 5.99. The van der Waals surface area contributed by atoms with E-state index in [9.17, 15) is 5.11 Å². The second kappa shape index (κ2) is 4.40. The number of rotatable bonds is 5. The lowest BCUT2D eigenvalue weighted by molar-refractivity contribution is 0.0341. The standard InChI is InChI=1S/C10H22N2O/c1-8(2)4-10(3,13)7-12-9-5-11-6-9/h8-9,11-13H,4-7H2,1-3H3. The van der Waals surface area contributed by atoms with Crippen LogP contribution in [-0.2, 0) is 0 Å². The Morgan fingerprint density at radius 3 is 2.54 bits per heavy atom. The fraction of sp³-hybridized carbons (Fsp3) is 1.00. The second-order valence-corrected chi connectivity index (χ2v) is 4.83. The third kappa shape index (κ3) is 4.07. The maximum Gasteiger partial charge on any atom is 0.0746 e. The molecule has 3 nitrogen and oxygen atoms in total. The molecule has 0 saturated carbocycles. The number of hydrogen-bond acceptors (Lipinski definition) is 3. The molecule has 0 aromatic heterocycles. The average molecular weight is 186 g/mol. The predicted molar refractivity (Wildman–Crippen MR) is 54.7 cm³/mol. The molecule has 1 fully saturated rings. The normalized spacial score (nSPS) is 22.8. The molecule has 0 spiro atoms. The van der Waals surface area contributed by atoms with Crippen LogP contribution in [0.5, 0.6) is 0 Å². The summed E-state index contributed by atoms with van der Waals surface area (Å²) in [6, 6.07) is 0.568. The summed E-state index contributed by atoms with van der Waals surface area (Å²) in [7, 11) is 0. The molecular weight excluding hydrogens is 164 g/mol. The van der Waals surface area contributed by atoms with Crippen molar-refractivity contribution in [3.63, 3.8) is 0 Å². The first-order valence-corrected chi connectivity index (χ1v) is 5.16. The van der Waals surface area contributed by atoms with E-state index in [1.807, 2.05) is 6.92 Å². The van der Waals surface area contributed by atoms with Gasteiger partial charge in [-0.2, -0.15) is 0 Å². The van der Waals surface area contributed by atoms with Gasteiger partial charge in [0.05, 0.1) is 5.60 Å². The molecule has 1 rings (SSSR count). The predicted octanol–water partition coefficient (Wildman–Crippen LogP) is 0.345. The highest BCUT2D eigenvalue weighted by molar-refractivity contribution is 4.85. The zero-order chi connectivity index (χ0) is 9.90. The Hall–Kier alpha value is -0.120. The molecule has 0 aliphatic carbocycles. The molecule has 1 atom stereocenters. The van der Waals surface area contributed by atoms with Crippen molar-refractivity contribution in [3.05, 3.63) is 0 Å². The minimum atomic E-state index is -0.552. The Labute approximate surface area is 80.9 Å². The van der Waals surface area contributed by atoms with Crippen LogP contribution in [0, 0.1) is 5.92 Å². The van der Waals surface area contributed by atoms with Gasteiger partial charge in [0.1, 0.15) is 0 Å². The molecule has 78 valence electrons. The maximum atomic E-state index is 9.97. The van der Waals surface area contributed by atoms with E-state index >= 15 is 0 Å². The summed E-state index contributed by atoms with van der Waals surface area (Å²) in [5, 5.41) is 16.5. The first kappa shape index (κ1) is 11.0. The van der Waals surface area contributed by atoms with Gasteiger partial charge in [-0.05, 0) is 19.3 Å². The van der Waals surface area contributed by atoms with E-state index in [2.05, 4.69) is 24.5 Å². The van der Waals surface area contributed by atoms with E-state index in [0.717, 1.165) is 19.5 Å². The van der Waals surface area contributed by atoms with Crippen LogP contribution < -0.4 is 10.6 Å². The molecule has 0 bridgehead atoms. The number of aliphatic hydroxyl groups is 1. The topological polar surface area (TPSA) is 44.3 Å². The lowest BCUT2D eigenvalue weighted by Crippen LogP contribution is -2.58. The van der Waals surface area contributed by atoms with Gasteiger partial charge in [-0.3, -0.25) is 0 Å². The second-order valence-electron chi connectivity index (χ2n) is 4.83. The van der Waals surface area contributed by atoms with Gasteiger partial charge in [-0.25, -0.2) is 0 Å². The van der Waals surface area contributed by atoms with Gasteiger partial charge in [-0.15, -0.1) is 0 Å². The van der Waals surface area contributed by atoms with Crippen molar-refractivity contribution in [2.75, 3.05) is 19.6 Å². The smallest absolute Gasteiger partial charge is 0.0746 e. The SMILES string of the molecule is CC(C)CC(C)(O)CNC1CNC1. The van der Waals surface area contributed by atoms with Crippen molar-refractivity contribution in [2.45, 2.75) is 38.8 Å². The summed E-state index contributed by atoms with van der Waals surface area (Å²) < 4.78 is 0. The molecule has 0 aromatic carbocycles. The monoisotopic (exact) mass is 186 g/mol. The van der Waals surface area contributed by atoms with E-state index < -0.39 is 5.60 Å². The van der Waals surface area contributed by atoms with Gasteiger partial charge in [0.2, 0.25) is 0 Å². The zero-order valence-electron chi connectivity index (χ0n) is 8.93. The molecular formula is C10H22N2O. The lowest BCUT2D eigenvalue weighted by Gasteiger charge is -2.33.